The van der Waals surface area contributed by atoms with E-state index in [1.54, 1.807) is 13.8 Å². The number of hydrogen-bond acceptors (Lipinski definition) is 10. The molecule has 0 fully saturated rings. The number of aliphatic hydroxyl groups excluding tert-OH is 1. The third kappa shape index (κ3) is 22.6. The Kier molecular flexibility index (Phi) is 24.6. The zero-order chi connectivity index (χ0) is 45.6. The van der Waals surface area contributed by atoms with E-state index in [1.165, 1.54) is 27.7 Å². The first-order valence-corrected chi connectivity index (χ1v) is 20.2. The van der Waals surface area contributed by atoms with E-state index >= 15 is 0 Å². The molecule has 0 unspecified atom stereocenters. The second-order valence-electron chi connectivity index (χ2n) is 16.3. The fourth-order valence-corrected chi connectivity index (χ4v) is 5.71. The van der Waals surface area contributed by atoms with Gasteiger partial charge in [-0.3, -0.25) is 43.3 Å². The molecular formula is C38H73N12O9+. The minimum Gasteiger partial charge on any atom is -0.391 e. The average molecular weight is 842 g/mol. The van der Waals surface area contributed by atoms with E-state index in [0.717, 1.165) is 17.4 Å². The summed E-state index contributed by atoms with van der Waals surface area (Å²) in [6.07, 6.45) is 1.98. The number of aliphatic imine (C=N–C) groups is 1. The molecule has 21 heteroatoms. The summed E-state index contributed by atoms with van der Waals surface area (Å²) in [4.78, 5) is 108. The van der Waals surface area contributed by atoms with Crippen molar-refractivity contribution in [3.8, 4) is 0 Å². The van der Waals surface area contributed by atoms with Gasteiger partial charge in [0.25, 0.3) is 0 Å². The van der Waals surface area contributed by atoms with Crippen molar-refractivity contribution in [1.29, 1.82) is 0 Å². The maximum absolute atomic E-state index is 13.6. The summed E-state index contributed by atoms with van der Waals surface area (Å²) < 4.78 is 0.727. The van der Waals surface area contributed by atoms with Crippen molar-refractivity contribution < 1.29 is 47.9 Å². The third-order valence-corrected chi connectivity index (χ3v) is 9.16. The highest BCUT2D eigenvalue weighted by molar-refractivity contribution is 5.97. The van der Waals surface area contributed by atoms with Gasteiger partial charge in [0, 0.05) is 13.5 Å². The topological polar surface area (TPSA) is 331 Å². The summed E-state index contributed by atoms with van der Waals surface area (Å²) in [6, 6.07) is -8.20. The predicted octanol–water partition coefficient (Wildman–Crippen LogP) is -2.92. The maximum atomic E-state index is 13.6. The van der Waals surface area contributed by atoms with Gasteiger partial charge < -0.3 is 64.0 Å². The fourth-order valence-electron chi connectivity index (χ4n) is 5.71. The fraction of sp³-hybridized carbons (Fsp3) is 0.763. The van der Waals surface area contributed by atoms with Crippen LogP contribution in [0.15, 0.2) is 4.99 Å². The molecule has 8 amide bonds. The lowest BCUT2D eigenvalue weighted by molar-refractivity contribution is -0.870. The lowest BCUT2D eigenvalue weighted by Crippen LogP contribution is -2.61. The highest BCUT2D eigenvalue weighted by atomic mass is 16.3. The lowest BCUT2D eigenvalue weighted by atomic mass is 10.0. The van der Waals surface area contributed by atoms with E-state index in [4.69, 9.17) is 17.2 Å². The number of nitrogens with zero attached hydrogens (tertiary/aromatic N) is 2. The molecule has 0 aliphatic rings. The van der Waals surface area contributed by atoms with Crippen molar-refractivity contribution >= 4 is 53.2 Å². The first-order valence-electron chi connectivity index (χ1n) is 20.2. The minimum atomic E-state index is -1.48. The molecule has 0 bridgehead atoms. The number of nitrogens with two attached hydrogens (primary N) is 3. The van der Waals surface area contributed by atoms with Crippen molar-refractivity contribution in [2.75, 3.05) is 34.2 Å². The number of nitrogens with one attached hydrogen (secondary N) is 7. The molecule has 0 spiro atoms. The van der Waals surface area contributed by atoms with Crippen LogP contribution in [-0.4, -0.2) is 145 Å². The molecule has 0 saturated heterocycles. The van der Waals surface area contributed by atoms with Crippen molar-refractivity contribution in [1.82, 2.24) is 37.2 Å². The van der Waals surface area contributed by atoms with Crippen LogP contribution in [0.5, 0.6) is 0 Å². The molecule has 0 saturated carbocycles. The van der Waals surface area contributed by atoms with Crippen molar-refractivity contribution in [3.63, 3.8) is 0 Å². The Labute approximate surface area is 348 Å². The van der Waals surface area contributed by atoms with Gasteiger partial charge >= 0.3 is 0 Å². The first-order chi connectivity index (χ1) is 27.3. The summed E-state index contributed by atoms with van der Waals surface area (Å²) in [6.45, 7) is 11.5. The molecule has 0 rings (SSSR count). The highest BCUT2D eigenvalue weighted by Crippen LogP contribution is 2.10. The van der Waals surface area contributed by atoms with Crippen LogP contribution in [0.4, 0.5) is 0 Å². The lowest BCUT2D eigenvalue weighted by Gasteiger charge is -2.28. The van der Waals surface area contributed by atoms with Crippen LogP contribution in [0.3, 0.4) is 0 Å². The van der Waals surface area contributed by atoms with Gasteiger partial charge in [-0.15, -0.1) is 0 Å². The molecule has 14 N–H and O–H groups in total. The van der Waals surface area contributed by atoms with Gasteiger partial charge in [-0.2, -0.15) is 0 Å². The number of carbonyl (C=O) groups excluding carboxylic acids is 8. The zero-order valence-electron chi connectivity index (χ0n) is 36.6. The van der Waals surface area contributed by atoms with Crippen molar-refractivity contribution in [3.05, 3.63) is 0 Å². The molecule has 0 radical (unpaired) electrons. The maximum Gasteiger partial charge on any atom is 0.245 e. The Morgan fingerprint density at radius 3 is 1.53 bits per heavy atom. The summed E-state index contributed by atoms with van der Waals surface area (Å²) in [5, 5.41) is 28.1. The van der Waals surface area contributed by atoms with Gasteiger partial charge in [0.2, 0.25) is 47.3 Å². The molecule has 0 aromatic carbocycles. The van der Waals surface area contributed by atoms with Gasteiger partial charge in [0.05, 0.1) is 33.8 Å². The van der Waals surface area contributed by atoms with Crippen LogP contribution in [0, 0.1) is 5.92 Å². The Hall–Kier alpha value is -5.05. The number of primary amides is 1. The van der Waals surface area contributed by atoms with E-state index < -0.39 is 102 Å². The number of carbonyl (C=O) groups is 8. The summed E-state index contributed by atoms with van der Waals surface area (Å²) in [5.74, 6) is -6.31. The van der Waals surface area contributed by atoms with Gasteiger partial charge in [0.1, 0.15) is 42.3 Å². The van der Waals surface area contributed by atoms with Crippen LogP contribution in [0.25, 0.3) is 0 Å². The molecule has 0 aromatic heterocycles. The number of guanidine groups is 1. The van der Waals surface area contributed by atoms with Gasteiger partial charge in [-0.1, -0.05) is 33.6 Å². The van der Waals surface area contributed by atoms with Gasteiger partial charge in [-0.05, 0) is 65.2 Å². The molecule has 0 aromatic rings. The number of hydrogen-bond donors (Lipinski definition) is 11. The Balaban J connectivity index is 5.97. The second-order valence-corrected chi connectivity index (χ2v) is 16.3. The van der Waals surface area contributed by atoms with Crippen molar-refractivity contribution in [2.45, 2.75) is 148 Å². The summed E-state index contributed by atoms with van der Waals surface area (Å²) in [5.41, 5.74) is 16.4. The Morgan fingerprint density at radius 1 is 0.576 bits per heavy atom. The van der Waals surface area contributed by atoms with Crippen molar-refractivity contribution in [2.24, 2.45) is 28.1 Å². The number of rotatable bonds is 28. The number of quaternary nitrogens is 1. The minimum absolute atomic E-state index is 0.0749. The molecule has 59 heavy (non-hydrogen) atoms. The molecule has 21 nitrogen and oxygen atoms in total. The average Bonchev–Trinajstić information content (AvgIpc) is 3.11. The summed E-state index contributed by atoms with van der Waals surface area (Å²) >= 11 is 0. The van der Waals surface area contributed by atoms with Gasteiger partial charge in [-0.25, -0.2) is 0 Å². The van der Waals surface area contributed by atoms with Crippen LogP contribution in [0.2, 0.25) is 0 Å². The number of aliphatic hydroxyl groups is 1. The zero-order valence-corrected chi connectivity index (χ0v) is 36.6. The first kappa shape index (κ1) is 54.0. The monoisotopic (exact) mass is 842 g/mol. The van der Waals surface area contributed by atoms with Crippen LogP contribution < -0.4 is 54.4 Å². The third-order valence-electron chi connectivity index (χ3n) is 9.16. The quantitative estimate of drug-likeness (QED) is 0.0164. The molecule has 338 valence electrons. The highest BCUT2D eigenvalue weighted by Gasteiger charge is 2.34. The SMILES string of the molecule is CCCC[C@H](NC(=O)[C@@H](NC(=O)[C@H](C)NC(C)=O)[C@@H](C)O)C(=O)N[C@H](C(=O)N[C@@H](C)C(=O)N[C@@H](CCCN=C(N)N)C(=O)N[C@@H](CCCC[N+](C)(C)C)C(N)=O)C(C)C. The molecule has 0 aliphatic heterocycles. The smallest absolute Gasteiger partial charge is 0.245 e. The summed E-state index contributed by atoms with van der Waals surface area (Å²) in [7, 11) is 6.12. The van der Waals surface area contributed by atoms with Crippen LogP contribution in [0.1, 0.15) is 99.8 Å². The predicted molar refractivity (Wildman–Crippen MR) is 222 cm³/mol. The molecule has 8 atom stereocenters. The molecular weight excluding hydrogens is 768 g/mol. The van der Waals surface area contributed by atoms with E-state index in [1.807, 2.05) is 28.1 Å². The molecule has 0 heterocycles. The second kappa shape index (κ2) is 26.9. The number of amides is 8. The van der Waals surface area contributed by atoms with Crippen LogP contribution in [-0.2, 0) is 38.4 Å². The standard InChI is InChI=1S/C38H72N12O9/c1-11-12-16-27(47-37(59)30(24(6)51)49-33(55)22(4)43-25(7)52)35(57)48-29(21(2)3)36(58)44-23(5)32(54)46-28(18-15-19-42-38(40)41)34(56)45-26(31(39)53)17-13-14-20-50(8,9)10/h21-24,26-30,51H,11-20H2,1-10H3,(H12-,39,40,41,42,43,44,45,46,47,48,49,52,53,54,55,56,57,58,59)/p+1/t22-,23-,24+,26-,27-,28-,29-,30-/m0/s1. The van der Waals surface area contributed by atoms with Crippen LogP contribution >= 0.6 is 0 Å². The van der Waals surface area contributed by atoms with Gasteiger partial charge in [0.15, 0.2) is 5.96 Å². The van der Waals surface area contributed by atoms with E-state index in [-0.39, 0.29) is 31.8 Å². The molecule has 0 aliphatic carbocycles. The van der Waals surface area contributed by atoms with E-state index in [0.29, 0.717) is 25.7 Å². The van der Waals surface area contributed by atoms with E-state index in [9.17, 15) is 43.5 Å². The largest absolute Gasteiger partial charge is 0.391 e. The Bertz CT molecular complexity index is 1450. The normalized spacial score (nSPS) is 15.4. The van der Waals surface area contributed by atoms with E-state index in [2.05, 4.69) is 42.2 Å². The number of unbranched alkanes of at least 4 members (excludes halogenated alkanes) is 2. The Morgan fingerprint density at radius 2 is 1.03 bits per heavy atom.